The zero-order valence-corrected chi connectivity index (χ0v) is 10.2. The van der Waals surface area contributed by atoms with E-state index in [4.69, 9.17) is 0 Å². The van der Waals surface area contributed by atoms with Crippen molar-refractivity contribution in [1.29, 1.82) is 0 Å². The van der Waals surface area contributed by atoms with Gasteiger partial charge >= 0.3 is 86.8 Å². The molecular weight excluding hydrogens is 284 g/mol. The zero-order chi connectivity index (χ0) is 8.97. The Morgan fingerprint density at radius 2 is 2.33 bits per heavy atom. The van der Waals surface area contributed by atoms with Crippen LogP contribution in [0.5, 0.6) is 0 Å². The molecule has 0 unspecified atom stereocenters. The molecule has 0 saturated carbocycles. The van der Waals surface area contributed by atoms with Gasteiger partial charge < -0.3 is 0 Å². The van der Waals surface area contributed by atoms with E-state index < -0.39 is 0 Å². The first-order chi connectivity index (χ1) is 5.68. The molecule has 0 fully saturated rings. The molecule has 0 N–H and O–H groups in total. The number of ketones is 1. The van der Waals surface area contributed by atoms with Crippen molar-refractivity contribution >= 4 is 41.0 Å². The molecule has 0 bridgehead atoms. The minimum atomic E-state index is -0.250. The Bertz CT molecular complexity index is 287. The summed E-state index contributed by atoms with van der Waals surface area (Å²) >= 11 is 1.53. The molecule has 0 aromatic carbocycles. The first-order valence-corrected chi connectivity index (χ1v) is 6.79. The fourth-order valence-corrected chi connectivity index (χ4v) is 5.03. The van der Waals surface area contributed by atoms with E-state index in [1.165, 1.54) is 6.55 Å². The van der Waals surface area contributed by atoms with Crippen molar-refractivity contribution in [1.82, 2.24) is 0 Å². The second kappa shape index (κ2) is 4.81. The molecule has 0 aliphatic heterocycles. The number of rotatable bonds is 3. The standard InChI is InChI=1S/C9H10OSTe/c1-7(10)6-8(2)12-9-4-3-5-11-9/h3-6H,1-2H3/b8-6+. The molecule has 0 atom stereocenters. The average molecular weight is 294 g/mol. The second-order valence-corrected chi connectivity index (χ2v) is 7.83. The Labute approximate surface area is 86.6 Å². The normalized spacial score (nSPS) is 11.7. The van der Waals surface area contributed by atoms with Crippen LogP contribution < -0.4 is 2.93 Å². The van der Waals surface area contributed by atoms with Gasteiger partial charge in [0.2, 0.25) is 0 Å². The molecule has 0 saturated heterocycles. The van der Waals surface area contributed by atoms with Gasteiger partial charge in [-0.05, 0) is 0 Å². The second-order valence-electron chi connectivity index (χ2n) is 2.40. The number of thiophene rings is 1. The summed E-state index contributed by atoms with van der Waals surface area (Å²) in [7, 11) is 0. The molecule has 64 valence electrons. The van der Waals surface area contributed by atoms with Crippen molar-refractivity contribution in [2.24, 2.45) is 0 Å². The summed E-state index contributed by atoms with van der Waals surface area (Å²) in [6, 6.07) is 4.20. The molecular formula is C9H10OSTe. The first kappa shape index (κ1) is 9.98. The third kappa shape index (κ3) is 3.53. The van der Waals surface area contributed by atoms with Crippen molar-refractivity contribution in [3.05, 3.63) is 27.2 Å². The van der Waals surface area contributed by atoms with Crippen LogP contribution in [0.25, 0.3) is 0 Å². The molecule has 3 heteroatoms. The van der Waals surface area contributed by atoms with E-state index in [0.717, 1.165) is 0 Å². The first-order valence-electron chi connectivity index (χ1n) is 3.58. The van der Waals surface area contributed by atoms with Crippen LogP contribution in [0.1, 0.15) is 13.8 Å². The molecule has 0 amide bonds. The molecule has 0 radical (unpaired) electrons. The third-order valence-corrected chi connectivity index (χ3v) is 5.43. The van der Waals surface area contributed by atoms with E-state index in [1.807, 2.05) is 6.92 Å². The zero-order valence-electron chi connectivity index (χ0n) is 7.03. The van der Waals surface area contributed by atoms with E-state index in [2.05, 4.69) is 17.5 Å². The van der Waals surface area contributed by atoms with Crippen LogP contribution in [-0.4, -0.2) is 26.7 Å². The Balaban J connectivity index is 2.58. The summed E-state index contributed by atoms with van der Waals surface area (Å²) in [4.78, 5) is 10.7. The van der Waals surface area contributed by atoms with Gasteiger partial charge in [0.1, 0.15) is 0 Å². The predicted octanol–water partition coefficient (Wildman–Crippen LogP) is 1.57. The van der Waals surface area contributed by atoms with E-state index in [9.17, 15) is 4.79 Å². The summed E-state index contributed by atoms with van der Waals surface area (Å²) in [5.74, 6) is 0.161. The maximum atomic E-state index is 10.7. The van der Waals surface area contributed by atoms with Gasteiger partial charge in [-0.2, -0.15) is 0 Å². The molecule has 1 aromatic heterocycles. The van der Waals surface area contributed by atoms with Gasteiger partial charge in [-0.15, -0.1) is 0 Å². The van der Waals surface area contributed by atoms with Crippen molar-refractivity contribution in [3.8, 4) is 0 Å². The number of carbonyl (C=O) groups excluding carboxylic acids is 1. The molecule has 0 aliphatic carbocycles. The van der Waals surface area contributed by atoms with Gasteiger partial charge in [-0.25, -0.2) is 0 Å². The summed E-state index contributed by atoms with van der Waals surface area (Å²) in [5, 5.41) is 2.08. The van der Waals surface area contributed by atoms with Crippen molar-refractivity contribution in [2.45, 2.75) is 13.8 Å². The fourth-order valence-electron chi connectivity index (χ4n) is 0.796. The van der Waals surface area contributed by atoms with Crippen LogP contribution in [0, 0.1) is 0 Å². The SMILES string of the molecule is CC(=O)/C=C(\C)[Te]c1cccs1. The molecule has 12 heavy (non-hydrogen) atoms. The van der Waals surface area contributed by atoms with E-state index in [-0.39, 0.29) is 26.7 Å². The van der Waals surface area contributed by atoms with E-state index in [0.29, 0.717) is 0 Å². The predicted molar refractivity (Wildman–Crippen MR) is 54.1 cm³/mol. The average Bonchev–Trinajstić information content (AvgIpc) is 2.37. The van der Waals surface area contributed by atoms with Crippen molar-refractivity contribution in [2.75, 3.05) is 0 Å². The Hall–Kier alpha value is -0.100. The summed E-state index contributed by atoms with van der Waals surface area (Å²) in [6.07, 6.45) is 1.75. The number of hydrogen-bond acceptors (Lipinski definition) is 2. The molecule has 0 aliphatic rings. The number of allylic oxidation sites excluding steroid dienone is 2. The van der Waals surface area contributed by atoms with Crippen LogP contribution in [0.4, 0.5) is 0 Å². The van der Waals surface area contributed by atoms with Crippen LogP contribution in [0.15, 0.2) is 27.2 Å². The summed E-state index contributed by atoms with van der Waals surface area (Å²) < 4.78 is 2.70. The van der Waals surface area contributed by atoms with Gasteiger partial charge in [0.05, 0.1) is 0 Å². The van der Waals surface area contributed by atoms with Gasteiger partial charge in [0.15, 0.2) is 0 Å². The molecule has 1 nitrogen and oxygen atoms in total. The van der Waals surface area contributed by atoms with Crippen LogP contribution >= 0.6 is 11.3 Å². The van der Waals surface area contributed by atoms with E-state index >= 15 is 0 Å². The molecule has 1 heterocycles. The van der Waals surface area contributed by atoms with Gasteiger partial charge in [0, 0.05) is 0 Å². The summed E-state index contributed by atoms with van der Waals surface area (Å²) in [6.45, 7) is 3.65. The number of carbonyl (C=O) groups is 1. The topological polar surface area (TPSA) is 17.1 Å². The molecule has 1 aromatic rings. The minimum absolute atomic E-state index is 0.161. The fraction of sp³-hybridized carbons (Fsp3) is 0.222. The van der Waals surface area contributed by atoms with Gasteiger partial charge in [-0.1, -0.05) is 0 Å². The summed E-state index contributed by atoms with van der Waals surface area (Å²) in [5.41, 5.74) is 0. The van der Waals surface area contributed by atoms with Crippen molar-refractivity contribution < 1.29 is 4.79 Å². The van der Waals surface area contributed by atoms with Crippen LogP contribution in [-0.2, 0) is 4.79 Å². The Morgan fingerprint density at radius 1 is 1.58 bits per heavy atom. The monoisotopic (exact) mass is 296 g/mol. The van der Waals surface area contributed by atoms with Crippen LogP contribution in [0.3, 0.4) is 0 Å². The van der Waals surface area contributed by atoms with Crippen LogP contribution in [0.2, 0.25) is 0 Å². The number of hydrogen-bond donors (Lipinski definition) is 0. The van der Waals surface area contributed by atoms with Gasteiger partial charge in [0.25, 0.3) is 0 Å². The Kier molecular flexibility index (Phi) is 4.00. The molecule has 0 spiro atoms. The van der Waals surface area contributed by atoms with Gasteiger partial charge in [-0.3, -0.25) is 0 Å². The quantitative estimate of drug-likeness (QED) is 0.611. The van der Waals surface area contributed by atoms with Crippen molar-refractivity contribution in [3.63, 3.8) is 0 Å². The maximum absolute atomic E-state index is 10.7. The third-order valence-electron chi connectivity index (χ3n) is 1.16. The van der Waals surface area contributed by atoms with E-state index in [1.54, 1.807) is 24.3 Å². The Morgan fingerprint density at radius 3 is 2.83 bits per heavy atom. The molecule has 1 rings (SSSR count).